The fourth-order valence-electron chi connectivity index (χ4n) is 2.34. The number of likely N-dealkylation sites (tertiary alicyclic amines) is 1. The Kier molecular flexibility index (Phi) is 4.73. The Labute approximate surface area is 109 Å². The molecular weight excluding hydrogens is 226 g/mol. The van der Waals surface area contributed by atoms with Gasteiger partial charge in [0.2, 0.25) is 0 Å². The number of hydrogen-bond donors (Lipinski definition) is 1. The van der Waals surface area contributed by atoms with E-state index in [2.05, 4.69) is 37.8 Å². The topological polar surface area (TPSA) is 46.0 Å². The summed E-state index contributed by atoms with van der Waals surface area (Å²) in [5, 5.41) is 11.6. The van der Waals surface area contributed by atoms with Crippen LogP contribution in [0.2, 0.25) is 0 Å². The van der Waals surface area contributed by atoms with Crippen molar-refractivity contribution >= 4 is 0 Å². The molecule has 0 aromatic carbocycles. The molecular formula is C13H21N5. The first-order chi connectivity index (χ1) is 8.83. The first-order valence-electron chi connectivity index (χ1n) is 6.59. The van der Waals surface area contributed by atoms with E-state index in [0.717, 1.165) is 51.4 Å². The van der Waals surface area contributed by atoms with E-state index in [9.17, 15) is 0 Å². The van der Waals surface area contributed by atoms with Crippen LogP contribution >= 0.6 is 0 Å². The Balaban J connectivity index is 1.74. The Morgan fingerprint density at radius 3 is 2.94 bits per heavy atom. The molecule has 1 fully saturated rings. The lowest BCUT2D eigenvalue weighted by Gasteiger charge is -2.31. The zero-order valence-corrected chi connectivity index (χ0v) is 11.0. The maximum absolute atomic E-state index is 5.32. The van der Waals surface area contributed by atoms with Gasteiger partial charge < -0.3 is 9.88 Å². The van der Waals surface area contributed by atoms with Crippen molar-refractivity contribution in [1.29, 1.82) is 0 Å². The zero-order chi connectivity index (χ0) is 12.8. The molecule has 0 amide bonds. The van der Waals surface area contributed by atoms with Gasteiger partial charge in [-0.1, -0.05) is 5.92 Å². The van der Waals surface area contributed by atoms with Crippen molar-refractivity contribution in [3.05, 3.63) is 12.2 Å². The summed E-state index contributed by atoms with van der Waals surface area (Å²) in [5.41, 5.74) is 0. The first-order valence-corrected chi connectivity index (χ1v) is 6.59. The van der Waals surface area contributed by atoms with E-state index in [1.54, 1.807) is 6.33 Å². The molecule has 2 rings (SSSR count). The van der Waals surface area contributed by atoms with Crippen LogP contribution in [0.4, 0.5) is 0 Å². The van der Waals surface area contributed by atoms with Gasteiger partial charge in [0.25, 0.3) is 0 Å². The van der Waals surface area contributed by atoms with Crippen LogP contribution in [-0.4, -0.2) is 45.3 Å². The third-order valence-electron chi connectivity index (χ3n) is 3.49. The van der Waals surface area contributed by atoms with Crippen molar-refractivity contribution in [2.45, 2.75) is 38.9 Å². The maximum atomic E-state index is 5.32. The van der Waals surface area contributed by atoms with Gasteiger partial charge in [0, 0.05) is 25.7 Å². The lowest BCUT2D eigenvalue weighted by atomic mass is 10.1. The third-order valence-corrected chi connectivity index (χ3v) is 3.49. The van der Waals surface area contributed by atoms with Crippen LogP contribution in [0, 0.1) is 12.3 Å². The highest BCUT2D eigenvalue weighted by Gasteiger charge is 2.18. The van der Waals surface area contributed by atoms with E-state index in [4.69, 9.17) is 6.42 Å². The van der Waals surface area contributed by atoms with Crippen molar-refractivity contribution < 1.29 is 0 Å². The van der Waals surface area contributed by atoms with Crippen molar-refractivity contribution in [3.63, 3.8) is 0 Å². The van der Waals surface area contributed by atoms with Gasteiger partial charge in [-0.15, -0.1) is 16.6 Å². The van der Waals surface area contributed by atoms with Crippen LogP contribution in [0.25, 0.3) is 0 Å². The Morgan fingerprint density at radius 1 is 1.50 bits per heavy atom. The number of aryl methyl sites for hydroxylation is 1. The molecule has 2 heterocycles. The summed E-state index contributed by atoms with van der Waals surface area (Å²) in [6.07, 6.45) is 9.42. The minimum absolute atomic E-state index is 0.570. The molecule has 1 aliphatic rings. The highest BCUT2D eigenvalue weighted by molar-refractivity contribution is 4.91. The molecule has 1 N–H and O–H groups in total. The normalized spacial score (nSPS) is 17.8. The molecule has 1 aromatic rings. The minimum atomic E-state index is 0.570. The molecule has 1 aliphatic heterocycles. The second-order valence-electron chi connectivity index (χ2n) is 4.67. The first kappa shape index (κ1) is 13.1. The average molecular weight is 247 g/mol. The number of hydrogen-bond acceptors (Lipinski definition) is 4. The highest BCUT2D eigenvalue weighted by atomic mass is 15.3. The summed E-state index contributed by atoms with van der Waals surface area (Å²) < 4.78 is 2.07. The summed E-state index contributed by atoms with van der Waals surface area (Å²) >= 11 is 0. The molecule has 0 atom stereocenters. The van der Waals surface area contributed by atoms with Crippen LogP contribution in [0.1, 0.15) is 25.6 Å². The lowest BCUT2D eigenvalue weighted by molar-refractivity contribution is 0.216. The fourth-order valence-corrected chi connectivity index (χ4v) is 2.34. The molecule has 0 spiro atoms. The molecule has 0 radical (unpaired) electrons. The van der Waals surface area contributed by atoms with Gasteiger partial charge in [-0.2, -0.15) is 0 Å². The zero-order valence-electron chi connectivity index (χ0n) is 11.0. The SMILES string of the molecule is C#CCN1CCC(NCc2nncn2CC)CC1. The predicted molar refractivity (Wildman–Crippen MR) is 70.8 cm³/mol. The van der Waals surface area contributed by atoms with E-state index < -0.39 is 0 Å². The molecule has 0 saturated carbocycles. The number of rotatable bonds is 5. The van der Waals surface area contributed by atoms with Crippen molar-refractivity contribution in [1.82, 2.24) is 25.0 Å². The van der Waals surface area contributed by atoms with E-state index in [1.165, 1.54) is 0 Å². The summed E-state index contributed by atoms with van der Waals surface area (Å²) in [6.45, 7) is 6.77. The van der Waals surface area contributed by atoms with Gasteiger partial charge >= 0.3 is 0 Å². The smallest absolute Gasteiger partial charge is 0.146 e. The molecule has 18 heavy (non-hydrogen) atoms. The van der Waals surface area contributed by atoms with E-state index in [-0.39, 0.29) is 0 Å². The third kappa shape index (κ3) is 3.31. The van der Waals surface area contributed by atoms with Crippen LogP contribution in [-0.2, 0) is 13.1 Å². The van der Waals surface area contributed by atoms with Crippen molar-refractivity contribution in [2.24, 2.45) is 0 Å². The monoisotopic (exact) mass is 247 g/mol. The Bertz CT molecular complexity index is 398. The average Bonchev–Trinajstić information content (AvgIpc) is 2.86. The standard InChI is InChI=1S/C13H21N5/c1-3-7-17-8-5-12(6-9-17)14-10-13-16-15-11-18(13)4-2/h1,11-12,14H,4-10H2,2H3. The molecule has 0 unspecified atom stereocenters. The largest absolute Gasteiger partial charge is 0.317 e. The van der Waals surface area contributed by atoms with E-state index >= 15 is 0 Å². The van der Waals surface area contributed by atoms with Gasteiger partial charge in [0.1, 0.15) is 12.2 Å². The second-order valence-corrected chi connectivity index (χ2v) is 4.67. The van der Waals surface area contributed by atoms with Crippen LogP contribution in [0.5, 0.6) is 0 Å². The number of nitrogens with zero attached hydrogens (tertiary/aromatic N) is 4. The second kappa shape index (κ2) is 6.53. The molecule has 98 valence electrons. The summed E-state index contributed by atoms with van der Waals surface area (Å²) in [5.74, 6) is 3.72. The number of aromatic nitrogens is 3. The van der Waals surface area contributed by atoms with Crippen LogP contribution < -0.4 is 5.32 Å². The van der Waals surface area contributed by atoms with Gasteiger partial charge in [-0.05, 0) is 19.8 Å². The molecule has 1 saturated heterocycles. The molecule has 0 aliphatic carbocycles. The van der Waals surface area contributed by atoms with E-state index in [1.807, 2.05) is 0 Å². The number of nitrogens with one attached hydrogen (secondary N) is 1. The Hall–Kier alpha value is -1.38. The highest BCUT2D eigenvalue weighted by Crippen LogP contribution is 2.10. The van der Waals surface area contributed by atoms with Gasteiger partial charge in [0.05, 0.1) is 13.1 Å². The predicted octanol–water partition coefficient (Wildman–Crippen LogP) is 0.485. The maximum Gasteiger partial charge on any atom is 0.146 e. The molecule has 0 bridgehead atoms. The number of terminal acetylenes is 1. The summed E-state index contributed by atoms with van der Waals surface area (Å²) in [4.78, 5) is 2.33. The van der Waals surface area contributed by atoms with Crippen LogP contribution in [0.3, 0.4) is 0 Å². The van der Waals surface area contributed by atoms with Crippen molar-refractivity contribution in [3.8, 4) is 12.3 Å². The summed E-state index contributed by atoms with van der Waals surface area (Å²) in [6, 6.07) is 0.570. The molecule has 5 heteroatoms. The molecule has 5 nitrogen and oxygen atoms in total. The van der Waals surface area contributed by atoms with Gasteiger partial charge in [-0.25, -0.2) is 0 Å². The minimum Gasteiger partial charge on any atom is -0.317 e. The van der Waals surface area contributed by atoms with Crippen molar-refractivity contribution in [2.75, 3.05) is 19.6 Å². The van der Waals surface area contributed by atoms with Gasteiger partial charge in [-0.3, -0.25) is 4.90 Å². The van der Waals surface area contributed by atoms with E-state index in [0.29, 0.717) is 6.04 Å². The summed E-state index contributed by atoms with van der Waals surface area (Å²) in [7, 11) is 0. The number of piperidine rings is 1. The molecule has 1 aromatic heterocycles. The fraction of sp³-hybridized carbons (Fsp3) is 0.692. The quantitative estimate of drug-likeness (QED) is 0.769. The Morgan fingerprint density at radius 2 is 2.28 bits per heavy atom. The van der Waals surface area contributed by atoms with Gasteiger partial charge in [0.15, 0.2) is 0 Å². The van der Waals surface area contributed by atoms with Crippen LogP contribution in [0.15, 0.2) is 6.33 Å². The lowest BCUT2D eigenvalue weighted by Crippen LogP contribution is -2.42.